The SMILES string of the molecule is Cc1ccc(C)c(C(N(C)C)C2(C(=O)O)CC2)c1. The van der Waals surface area contributed by atoms with E-state index >= 15 is 0 Å². The van der Waals surface area contributed by atoms with Gasteiger partial charge in [-0.15, -0.1) is 0 Å². The molecule has 1 aromatic carbocycles. The summed E-state index contributed by atoms with van der Waals surface area (Å²) in [4.78, 5) is 13.6. The van der Waals surface area contributed by atoms with Crippen LogP contribution in [0.1, 0.15) is 35.6 Å². The molecule has 1 aliphatic rings. The van der Waals surface area contributed by atoms with Gasteiger partial charge in [-0.05, 0) is 51.9 Å². The topological polar surface area (TPSA) is 40.5 Å². The lowest BCUT2D eigenvalue weighted by Gasteiger charge is -2.31. The fraction of sp³-hybridized carbons (Fsp3) is 0.533. The van der Waals surface area contributed by atoms with Gasteiger partial charge in [0.2, 0.25) is 0 Å². The van der Waals surface area contributed by atoms with Gasteiger partial charge in [-0.3, -0.25) is 4.79 Å². The standard InChI is InChI=1S/C15H21NO2/c1-10-5-6-11(2)12(9-10)13(16(3)4)15(7-8-15)14(17)18/h5-6,9,13H,7-8H2,1-4H3,(H,17,18). The van der Waals surface area contributed by atoms with Gasteiger partial charge in [0.25, 0.3) is 0 Å². The lowest BCUT2D eigenvalue weighted by molar-refractivity contribution is -0.146. The molecule has 0 saturated heterocycles. The summed E-state index contributed by atoms with van der Waals surface area (Å²) in [6.07, 6.45) is 1.55. The van der Waals surface area contributed by atoms with Crippen LogP contribution in [0.2, 0.25) is 0 Å². The number of carboxylic acids is 1. The molecule has 1 atom stereocenters. The van der Waals surface area contributed by atoms with Gasteiger partial charge in [0.1, 0.15) is 0 Å². The normalized spacial score (nSPS) is 18.7. The average molecular weight is 247 g/mol. The van der Waals surface area contributed by atoms with Crippen LogP contribution in [0, 0.1) is 19.3 Å². The van der Waals surface area contributed by atoms with Gasteiger partial charge < -0.3 is 10.0 Å². The first-order chi connectivity index (χ1) is 8.38. The molecular weight excluding hydrogens is 226 g/mol. The number of nitrogens with zero attached hydrogens (tertiary/aromatic N) is 1. The Morgan fingerprint density at radius 3 is 2.39 bits per heavy atom. The Balaban J connectivity index is 2.49. The third-order valence-corrected chi connectivity index (χ3v) is 3.98. The van der Waals surface area contributed by atoms with E-state index in [1.807, 2.05) is 19.0 Å². The molecule has 0 amide bonds. The smallest absolute Gasteiger partial charge is 0.311 e. The number of hydrogen-bond donors (Lipinski definition) is 1. The first-order valence-corrected chi connectivity index (χ1v) is 6.35. The summed E-state index contributed by atoms with van der Waals surface area (Å²) in [7, 11) is 3.94. The second-order valence-corrected chi connectivity index (χ2v) is 5.69. The van der Waals surface area contributed by atoms with E-state index in [1.54, 1.807) is 0 Å². The lowest BCUT2D eigenvalue weighted by atomic mass is 9.86. The first-order valence-electron chi connectivity index (χ1n) is 6.35. The van der Waals surface area contributed by atoms with Crippen LogP contribution in [0.15, 0.2) is 18.2 Å². The third kappa shape index (κ3) is 2.03. The van der Waals surface area contributed by atoms with Crippen LogP contribution < -0.4 is 0 Å². The third-order valence-electron chi connectivity index (χ3n) is 3.98. The van der Waals surface area contributed by atoms with Crippen LogP contribution in [0.4, 0.5) is 0 Å². The minimum Gasteiger partial charge on any atom is -0.481 e. The lowest BCUT2D eigenvalue weighted by Crippen LogP contribution is -2.34. The van der Waals surface area contributed by atoms with Crippen molar-refractivity contribution in [2.45, 2.75) is 32.7 Å². The number of rotatable bonds is 4. The molecule has 0 heterocycles. The van der Waals surface area contributed by atoms with Crippen LogP contribution in [0.5, 0.6) is 0 Å². The predicted molar refractivity (Wildman–Crippen MR) is 71.6 cm³/mol. The fourth-order valence-corrected chi connectivity index (χ4v) is 2.86. The predicted octanol–water partition coefficient (Wildman–Crippen LogP) is 2.77. The Kier molecular flexibility index (Phi) is 3.20. The molecule has 0 spiro atoms. The number of carbonyl (C=O) groups is 1. The van der Waals surface area contributed by atoms with Crippen molar-refractivity contribution in [2.24, 2.45) is 5.41 Å². The average Bonchev–Trinajstić information content (AvgIpc) is 3.04. The summed E-state index contributed by atoms with van der Waals surface area (Å²) in [5.74, 6) is -0.665. The highest BCUT2D eigenvalue weighted by Gasteiger charge is 2.57. The summed E-state index contributed by atoms with van der Waals surface area (Å²) < 4.78 is 0. The molecule has 3 heteroatoms. The Morgan fingerprint density at radius 2 is 1.94 bits per heavy atom. The zero-order valence-electron chi connectivity index (χ0n) is 11.5. The van der Waals surface area contributed by atoms with Crippen molar-refractivity contribution in [1.82, 2.24) is 4.90 Å². The van der Waals surface area contributed by atoms with Crippen molar-refractivity contribution in [2.75, 3.05) is 14.1 Å². The molecule has 2 rings (SSSR count). The second-order valence-electron chi connectivity index (χ2n) is 5.69. The number of aryl methyl sites for hydroxylation is 2. The van der Waals surface area contributed by atoms with Gasteiger partial charge in [-0.25, -0.2) is 0 Å². The van der Waals surface area contributed by atoms with Crippen molar-refractivity contribution in [3.8, 4) is 0 Å². The van der Waals surface area contributed by atoms with Crippen molar-refractivity contribution < 1.29 is 9.90 Å². The van der Waals surface area contributed by atoms with Gasteiger partial charge in [-0.2, -0.15) is 0 Å². The Labute approximate surface area is 108 Å². The molecule has 0 bridgehead atoms. The number of carboxylic acid groups (broad SMARTS) is 1. The molecule has 0 radical (unpaired) electrons. The van der Waals surface area contributed by atoms with E-state index in [0.717, 1.165) is 18.4 Å². The van der Waals surface area contributed by atoms with Gasteiger partial charge in [0, 0.05) is 0 Å². The summed E-state index contributed by atoms with van der Waals surface area (Å²) in [6, 6.07) is 6.25. The molecule has 1 aromatic rings. The molecule has 1 aliphatic carbocycles. The molecule has 0 aliphatic heterocycles. The zero-order valence-corrected chi connectivity index (χ0v) is 11.5. The highest BCUT2D eigenvalue weighted by molar-refractivity contribution is 5.79. The summed E-state index contributed by atoms with van der Waals surface area (Å²) in [5.41, 5.74) is 2.93. The molecular formula is C15H21NO2. The van der Waals surface area contributed by atoms with Crippen LogP contribution in [-0.4, -0.2) is 30.1 Å². The molecule has 1 unspecified atom stereocenters. The van der Waals surface area contributed by atoms with Crippen molar-refractivity contribution in [3.05, 3.63) is 34.9 Å². The van der Waals surface area contributed by atoms with E-state index in [4.69, 9.17) is 0 Å². The summed E-state index contributed by atoms with van der Waals surface area (Å²) >= 11 is 0. The maximum absolute atomic E-state index is 11.6. The van der Waals surface area contributed by atoms with Crippen LogP contribution in [0.25, 0.3) is 0 Å². The van der Waals surface area contributed by atoms with Gasteiger partial charge in [0.05, 0.1) is 11.5 Å². The van der Waals surface area contributed by atoms with Crippen LogP contribution >= 0.6 is 0 Å². The Bertz CT molecular complexity index is 475. The number of benzene rings is 1. The number of aliphatic carboxylic acids is 1. The van der Waals surface area contributed by atoms with Gasteiger partial charge >= 0.3 is 5.97 Å². The minimum absolute atomic E-state index is 0.0325. The molecule has 18 heavy (non-hydrogen) atoms. The van der Waals surface area contributed by atoms with Crippen LogP contribution in [-0.2, 0) is 4.79 Å². The Morgan fingerprint density at radius 1 is 1.33 bits per heavy atom. The Hall–Kier alpha value is -1.35. The van der Waals surface area contributed by atoms with Crippen molar-refractivity contribution in [3.63, 3.8) is 0 Å². The van der Waals surface area contributed by atoms with E-state index in [0.29, 0.717) is 0 Å². The minimum atomic E-state index is -0.665. The van der Waals surface area contributed by atoms with Crippen LogP contribution in [0.3, 0.4) is 0 Å². The molecule has 1 fully saturated rings. The maximum atomic E-state index is 11.6. The van der Waals surface area contributed by atoms with E-state index in [2.05, 4.69) is 32.0 Å². The number of hydrogen-bond acceptors (Lipinski definition) is 2. The fourth-order valence-electron chi connectivity index (χ4n) is 2.86. The van der Waals surface area contributed by atoms with E-state index in [1.165, 1.54) is 11.1 Å². The van der Waals surface area contributed by atoms with Gasteiger partial charge in [0.15, 0.2) is 0 Å². The highest BCUT2D eigenvalue weighted by atomic mass is 16.4. The van der Waals surface area contributed by atoms with Gasteiger partial charge in [-0.1, -0.05) is 23.8 Å². The van der Waals surface area contributed by atoms with Crippen molar-refractivity contribution >= 4 is 5.97 Å². The van der Waals surface area contributed by atoms with Crippen molar-refractivity contribution in [1.29, 1.82) is 0 Å². The quantitative estimate of drug-likeness (QED) is 0.889. The summed E-state index contributed by atoms with van der Waals surface area (Å²) in [5, 5.41) is 9.52. The second kappa shape index (κ2) is 4.39. The summed E-state index contributed by atoms with van der Waals surface area (Å²) in [6.45, 7) is 4.11. The van der Waals surface area contributed by atoms with E-state index in [-0.39, 0.29) is 6.04 Å². The molecule has 0 aromatic heterocycles. The first kappa shape index (κ1) is 13.1. The van der Waals surface area contributed by atoms with E-state index in [9.17, 15) is 9.90 Å². The monoisotopic (exact) mass is 247 g/mol. The molecule has 1 saturated carbocycles. The molecule has 1 N–H and O–H groups in total. The zero-order chi connectivity index (χ0) is 13.5. The highest BCUT2D eigenvalue weighted by Crippen LogP contribution is 2.57. The molecule has 98 valence electrons. The largest absolute Gasteiger partial charge is 0.481 e. The van der Waals surface area contributed by atoms with E-state index < -0.39 is 11.4 Å². The molecule has 3 nitrogen and oxygen atoms in total. The maximum Gasteiger partial charge on any atom is 0.311 e.